The molecule has 0 radical (unpaired) electrons. The van der Waals surface area contributed by atoms with E-state index in [1.54, 1.807) is 12.4 Å². The van der Waals surface area contributed by atoms with Gasteiger partial charge in [0, 0.05) is 11.2 Å². The molecule has 0 spiro atoms. The van der Waals surface area contributed by atoms with Crippen LogP contribution in [0.15, 0.2) is 36.7 Å². The summed E-state index contributed by atoms with van der Waals surface area (Å²) in [7, 11) is 0. The van der Waals surface area contributed by atoms with Crippen molar-refractivity contribution in [2.45, 2.75) is 19.8 Å². The Kier molecular flexibility index (Phi) is 4.77. The van der Waals surface area contributed by atoms with Gasteiger partial charge in [0.25, 0.3) is 0 Å². The lowest BCUT2D eigenvalue weighted by Crippen LogP contribution is -2.03. The van der Waals surface area contributed by atoms with Crippen LogP contribution in [0.25, 0.3) is 0 Å². The van der Waals surface area contributed by atoms with E-state index in [9.17, 15) is 0 Å². The van der Waals surface area contributed by atoms with E-state index in [4.69, 9.17) is 22.1 Å². The van der Waals surface area contributed by atoms with E-state index >= 15 is 0 Å². The molecule has 1 heterocycles. The minimum absolute atomic E-state index is 0.603. The van der Waals surface area contributed by atoms with Gasteiger partial charge in [-0.25, -0.2) is 0 Å². The Morgan fingerprint density at radius 3 is 2.79 bits per heavy atom. The summed E-state index contributed by atoms with van der Waals surface area (Å²) in [6.07, 6.45) is 5.17. The first-order valence-electron chi connectivity index (χ1n) is 6.33. The van der Waals surface area contributed by atoms with Crippen LogP contribution in [0, 0.1) is 0 Å². The lowest BCUT2D eigenvalue weighted by molar-refractivity contribution is 0.479. The smallest absolute Gasteiger partial charge is 0.145 e. The third kappa shape index (κ3) is 3.69. The molecule has 0 fully saturated rings. The summed E-state index contributed by atoms with van der Waals surface area (Å²) in [5.41, 5.74) is 7.68. The van der Waals surface area contributed by atoms with E-state index in [0.717, 1.165) is 40.5 Å². The topological polar surface area (TPSA) is 48.1 Å². The highest BCUT2D eigenvalue weighted by Crippen LogP contribution is 2.26. The predicted molar refractivity (Wildman–Crippen MR) is 77.9 cm³/mol. The molecule has 19 heavy (non-hydrogen) atoms. The number of ether oxygens (including phenoxy) is 1. The highest BCUT2D eigenvalue weighted by molar-refractivity contribution is 6.31. The molecule has 2 rings (SSSR count). The SMILES string of the molecule is CCc1cc(Oc2cncc(CCN)c2)ccc1Cl. The summed E-state index contributed by atoms with van der Waals surface area (Å²) in [5.74, 6) is 1.49. The molecule has 0 aliphatic carbocycles. The fourth-order valence-electron chi connectivity index (χ4n) is 1.84. The van der Waals surface area contributed by atoms with Gasteiger partial charge in [0.15, 0.2) is 0 Å². The lowest BCUT2D eigenvalue weighted by Gasteiger charge is -2.09. The van der Waals surface area contributed by atoms with Crippen LogP contribution in [0.3, 0.4) is 0 Å². The van der Waals surface area contributed by atoms with E-state index in [0.29, 0.717) is 6.54 Å². The van der Waals surface area contributed by atoms with Crippen molar-refractivity contribution in [3.05, 3.63) is 52.8 Å². The van der Waals surface area contributed by atoms with Crippen LogP contribution in [0.5, 0.6) is 11.5 Å². The van der Waals surface area contributed by atoms with E-state index < -0.39 is 0 Å². The highest BCUT2D eigenvalue weighted by atomic mass is 35.5. The van der Waals surface area contributed by atoms with Crippen molar-refractivity contribution in [2.75, 3.05) is 6.54 Å². The molecule has 1 aromatic heterocycles. The normalized spacial score (nSPS) is 10.5. The van der Waals surface area contributed by atoms with E-state index in [1.165, 1.54) is 0 Å². The quantitative estimate of drug-likeness (QED) is 0.908. The summed E-state index contributed by atoms with van der Waals surface area (Å²) in [4.78, 5) is 4.15. The zero-order valence-corrected chi connectivity index (χ0v) is 11.7. The third-order valence-corrected chi connectivity index (χ3v) is 3.21. The predicted octanol–water partition coefficient (Wildman–Crippen LogP) is 3.59. The number of halogens is 1. The molecule has 0 unspecified atom stereocenters. The van der Waals surface area contributed by atoms with Crippen molar-refractivity contribution in [2.24, 2.45) is 5.73 Å². The maximum absolute atomic E-state index is 6.08. The Balaban J connectivity index is 2.18. The van der Waals surface area contributed by atoms with Gasteiger partial charge >= 0.3 is 0 Å². The minimum atomic E-state index is 0.603. The summed E-state index contributed by atoms with van der Waals surface area (Å²) in [5, 5.41) is 0.768. The first kappa shape index (κ1) is 13.8. The number of rotatable bonds is 5. The lowest BCUT2D eigenvalue weighted by atomic mass is 10.1. The summed E-state index contributed by atoms with van der Waals surface area (Å²) < 4.78 is 5.80. The first-order chi connectivity index (χ1) is 9.22. The Hall–Kier alpha value is -1.58. The van der Waals surface area contributed by atoms with Gasteiger partial charge in [-0.15, -0.1) is 0 Å². The zero-order chi connectivity index (χ0) is 13.7. The molecule has 2 N–H and O–H groups in total. The van der Waals surface area contributed by atoms with Crippen LogP contribution in [-0.2, 0) is 12.8 Å². The van der Waals surface area contributed by atoms with Crippen LogP contribution in [0.2, 0.25) is 5.02 Å². The largest absolute Gasteiger partial charge is 0.456 e. The second-order valence-electron chi connectivity index (χ2n) is 4.28. The Morgan fingerprint density at radius 2 is 2.05 bits per heavy atom. The van der Waals surface area contributed by atoms with Crippen LogP contribution in [0.4, 0.5) is 0 Å². The Bertz CT molecular complexity index is 558. The third-order valence-electron chi connectivity index (χ3n) is 2.84. The van der Waals surface area contributed by atoms with Crippen molar-refractivity contribution in [3.63, 3.8) is 0 Å². The number of hydrogen-bond donors (Lipinski definition) is 1. The monoisotopic (exact) mass is 276 g/mol. The molecule has 0 aliphatic heterocycles. The molecule has 0 saturated heterocycles. The second-order valence-corrected chi connectivity index (χ2v) is 4.68. The van der Waals surface area contributed by atoms with Crippen LogP contribution in [-0.4, -0.2) is 11.5 Å². The van der Waals surface area contributed by atoms with Gasteiger partial charge in [-0.2, -0.15) is 0 Å². The van der Waals surface area contributed by atoms with Gasteiger partial charge in [-0.1, -0.05) is 18.5 Å². The van der Waals surface area contributed by atoms with Gasteiger partial charge in [0.05, 0.1) is 6.20 Å². The summed E-state index contributed by atoms with van der Waals surface area (Å²) in [6.45, 7) is 2.67. The maximum Gasteiger partial charge on any atom is 0.145 e. The molecule has 2 aromatic rings. The van der Waals surface area contributed by atoms with Crippen molar-refractivity contribution >= 4 is 11.6 Å². The standard InChI is InChI=1S/C15H17ClN2O/c1-2-12-8-13(3-4-15(12)16)19-14-7-11(5-6-17)9-18-10-14/h3-4,7-10H,2,5-6,17H2,1H3. The van der Waals surface area contributed by atoms with Gasteiger partial charge in [-0.05, 0) is 54.8 Å². The van der Waals surface area contributed by atoms with Crippen LogP contribution in [0.1, 0.15) is 18.1 Å². The first-order valence-corrected chi connectivity index (χ1v) is 6.71. The summed E-state index contributed by atoms with van der Waals surface area (Å²) in [6, 6.07) is 7.63. The molecule has 0 aliphatic rings. The number of hydrogen-bond acceptors (Lipinski definition) is 3. The molecule has 100 valence electrons. The molecule has 0 atom stereocenters. The van der Waals surface area contributed by atoms with Crippen molar-refractivity contribution in [1.29, 1.82) is 0 Å². The minimum Gasteiger partial charge on any atom is -0.456 e. The number of benzene rings is 1. The van der Waals surface area contributed by atoms with E-state index in [-0.39, 0.29) is 0 Å². The Labute approximate surface area is 118 Å². The van der Waals surface area contributed by atoms with Gasteiger partial charge in [0.1, 0.15) is 11.5 Å². The average molecular weight is 277 g/mol. The van der Waals surface area contributed by atoms with Crippen LogP contribution < -0.4 is 10.5 Å². The highest BCUT2D eigenvalue weighted by Gasteiger charge is 2.03. The molecule has 4 heteroatoms. The number of aryl methyl sites for hydroxylation is 1. The molecule has 0 amide bonds. The number of nitrogens with two attached hydrogens (primary N) is 1. The molecular weight excluding hydrogens is 260 g/mol. The molecule has 0 saturated carbocycles. The van der Waals surface area contributed by atoms with Crippen molar-refractivity contribution in [1.82, 2.24) is 4.98 Å². The fourth-order valence-corrected chi connectivity index (χ4v) is 2.10. The molecule has 0 bridgehead atoms. The van der Waals surface area contributed by atoms with Gasteiger partial charge < -0.3 is 10.5 Å². The Morgan fingerprint density at radius 1 is 1.21 bits per heavy atom. The molecule has 3 nitrogen and oxygen atoms in total. The second kappa shape index (κ2) is 6.55. The van der Waals surface area contributed by atoms with Gasteiger partial charge in [-0.3, -0.25) is 4.98 Å². The average Bonchev–Trinajstić information content (AvgIpc) is 2.42. The summed E-state index contributed by atoms with van der Waals surface area (Å²) >= 11 is 6.08. The van der Waals surface area contributed by atoms with E-state index in [2.05, 4.69) is 11.9 Å². The maximum atomic E-state index is 6.08. The van der Waals surface area contributed by atoms with Crippen molar-refractivity contribution in [3.8, 4) is 11.5 Å². The van der Waals surface area contributed by atoms with Gasteiger partial charge in [0.2, 0.25) is 0 Å². The van der Waals surface area contributed by atoms with E-state index in [1.807, 2.05) is 24.3 Å². The fraction of sp³-hybridized carbons (Fsp3) is 0.267. The number of pyridine rings is 1. The number of aromatic nitrogens is 1. The molecule has 1 aromatic carbocycles. The van der Waals surface area contributed by atoms with Crippen molar-refractivity contribution < 1.29 is 4.74 Å². The zero-order valence-electron chi connectivity index (χ0n) is 10.9. The molecular formula is C15H17ClN2O. The van der Waals surface area contributed by atoms with Crippen LogP contribution >= 0.6 is 11.6 Å². The number of nitrogens with zero attached hydrogens (tertiary/aromatic N) is 1.